The number of hydrogen-bond acceptors (Lipinski definition) is 24. The van der Waals surface area contributed by atoms with Gasteiger partial charge >= 0.3 is 0 Å². The van der Waals surface area contributed by atoms with E-state index in [2.05, 4.69) is 47.5 Å². The number of pyridine rings is 4. The molecule has 16 aromatic rings. The normalized spacial score (nSPS) is 11.3. The molecular formula is C94H96N12O16. The van der Waals surface area contributed by atoms with Crippen molar-refractivity contribution < 1.29 is 56.3 Å². The molecule has 4 aromatic carbocycles. The van der Waals surface area contributed by atoms with Gasteiger partial charge in [-0.2, -0.15) is 0 Å². The van der Waals surface area contributed by atoms with Gasteiger partial charge < -0.3 is 56.3 Å². The highest BCUT2D eigenvalue weighted by molar-refractivity contribution is 5.55. The van der Waals surface area contributed by atoms with Gasteiger partial charge in [-0.15, -0.1) is 0 Å². The molecule has 0 bridgehead atoms. The molecule has 12 heterocycles. The number of nitrogens with zero attached hydrogens (tertiary/aromatic N) is 12. The van der Waals surface area contributed by atoms with E-state index in [0.717, 1.165) is 84.9 Å². The largest absolute Gasteiger partial charge is 0.504 e. The Balaban J connectivity index is 0.000000140. The van der Waals surface area contributed by atoms with E-state index in [1.165, 1.54) is 35.7 Å². The summed E-state index contributed by atoms with van der Waals surface area (Å²) in [5.74, 6) is 6.74. The Morgan fingerprint density at radius 2 is 0.705 bits per heavy atom. The molecule has 0 aliphatic carbocycles. The fourth-order valence-corrected chi connectivity index (χ4v) is 14.1. The summed E-state index contributed by atoms with van der Waals surface area (Å²) in [5, 5.41) is 20.6. The van der Waals surface area contributed by atoms with Crippen molar-refractivity contribution in [3.63, 3.8) is 0 Å². The number of aromatic hydroxyl groups is 2. The number of ether oxygens (including phenoxy) is 6. The number of rotatable bonds is 30. The molecule has 0 aliphatic heterocycles. The summed E-state index contributed by atoms with van der Waals surface area (Å²) in [6.07, 6.45) is 13.5. The highest BCUT2D eigenvalue weighted by Gasteiger charge is 2.22. The molecular weight excluding hydrogens is 1550 g/mol. The lowest BCUT2D eigenvalue weighted by molar-refractivity contribution is 0.220. The predicted octanol–water partition coefficient (Wildman–Crippen LogP) is 14.7. The maximum atomic E-state index is 12.6. The first-order valence-corrected chi connectivity index (χ1v) is 39.2. The Morgan fingerprint density at radius 3 is 1.11 bits per heavy atom. The zero-order valence-electron chi connectivity index (χ0n) is 69.6. The Labute approximate surface area is 703 Å². The van der Waals surface area contributed by atoms with Crippen molar-refractivity contribution >= 4 is 22.6 Å². The standard InChI is InChI=1S/C24H25N3O5.C24H25N3O4.C23H23N3O4.C23H23N3O3/c1-16-8-9-27-21(11-16)25-18(12-22(27)28)14-26(15-19-5-4-10-32-19)13-17-6-7-20(30-2)23(29)24(17)31-3;1-17-8-9-27-23(11-17)25-19(12-24(27)28)15-26(16-21-5-4-10-31-21)14-18-6-7-20(29-2)13-22(18)30-3;1-16-7-8-26-22(10-16)24-18(12-23(26)28)14-25(15-19-4-3-9-30-19)13-17-5-6-21(29-2)20(27)11-17;1-17-12-20(28-2)9-8-18(17)14-25(16-21-6-5-11-29-21)15-19-13-23(27)26-10-4-3-7-22(26)24-19/h4-12,29H,13-15H2,1-3H3;4-13H,14-16H2,1-3H3;3-12,27H,13-15H2,1-2H3;3-13H,14-16H2,1-2H3. The molecule has 0 fully saturated rings. The van der Waals surface area contributed by atoms with E-state index in [9.17, 15) is 29.4 Å². The average molecular weight is 1650 g/mol. The van der Waals surface area contributed by atoms with Crippen molar-refractivity contribution in [1.82, 2.24) is 57.1 Å². The van der Waals surface area contributed by atoms with Crippen molar-refractivity contribution in [3.8, 4) is 46.0 Å². The van der Waals surface area contributed by atoms with Crippen molar-refractivity contribution in [2.75, 3.05) is 42.7 Å². The van der Waals surface area contributed by atoms with Gasteiger partial charge in [0.15, 0.2) is 23.0 Å². The van der Waals surface area contributed by atoms with Crippen molar-refractivity contribution in [1.29, 1.82) is 0 Å². The van der Waals surface area contributed by atoms with Crippen LogP contribution in [-0.4, -0.2) is 110 Å². The average Bonchev–Trinajstić information content (AvgIpc) is 1.28. The van der Waals surface area contributed by atoms with Crippen LogP contribution >= 0.6 is 0 Å². The number of fused-ring (bicyclic) bond motifs is 4. The number of phenolic OH excluding ortho intramolecular Hbond substituents is 2. The third-order valence-corrected chi connectivity index (χ3v) is 20.1. The molecule has 28 nitrogen and oxygen atoms in total. The fourth-order valence-electron chi connectivity index (χ4n) is 14.1. The third-order valence-electron chi connectivity index (χ3n) is 20.1. The van der Waals surface area contributed by atoms with Crippen molar-refractivity contribution in [3.05, 3.63) is 376 Å². The fraction of sp³-hybridized carbons (Fsp3) is 0.234. The first-order chi connectivity index (χ1) is 59.2. The van der Waals surface area contributed by atoms with Gasteiger partial charge in [0.25, 0.3) is 22.2 Å². The van der Waals surface area contributed by atoms with E-state index in [-0.39, 0.29) is 33.7 Å². The van der Waals surface area contributed by atoms with Gasteiger partial charge in [0, 0.05) is 119 Å². The van der Waals surface area contributed by atoms with E-state index < -0.39 is 0 Å². The summed E-state index contributed by atoms with van der Waals surface area (Å²) < 4.78 is 60.3. The lowest BCUT2D eigenvalue weighted by Gasteiger charge is -2.23. The van der Waals surface area contributed by atoms with Crippen LogP contribution in [0.5, 0.6) is 46.0 Å². The number of hydrogen-bond donors (Lipinski definition) is 2. The molecule has 0 atom stereocenters. The van der Waals surface area contributed by atoms with Crippen LogP contribution in [0, 0.1) is 27.7 Å². The minimum atomic E-state index is -0.136. The zero-order chi connectivity index (χ0) is 85.8. The topological polar surface area (TPSA) is 299 Å². The Kier molecular flexibility index (Phi) is 28.3. The zero-order valence-corrected chi connectivity index (χ0v) is 69.6. The molecule has 0 radical (unpaired) electrons. The first kappa shape index (κ1) is 85.6. The molecule has 12 aromatic heterocycles. The number of benzene rings is 4. The summed E-state index contributed by atoms with van der Waals surface area (Å²) in [6, 6.07) is 59.0. The maximum absolute atomic E-state index is 12.6. The third kappa shape index (κ3) is 22.3. The van der Waals surface area contributed by atoms with Gasteiger partial charge in [0.2, 0.25) is 5.75 Å². The van der Waals surface area contributed by atoms with Crippen LogP contribution in [0.4, 0.5) is 0 Å². The highest BCUT2D eigenvalue weighted by Crippen LogP contribution is 2.40. The summed E-state index contributed by atoms with van der Waals surface area (Å²) in [4.78, 5) is 77.5. The van der Waals surface area contributed by atoms with E-state index >= 15 is 0 Å². The Hall–Kier alpha value is -14.3. The van der Waals surface area contributed by atoms with E-state index in [4.69, 9.17) is 51.1 Å². The lowest BCUT2D eigenvalue weighted by Crippen LogP contribution is -2.25. The number of furan rings is 4. The monoisotopic (exact) mass is 1650 g/mol. The molecule has 122 heavy (non-hydrogen) atoms. The number of aromatic nitrogens is 8. The number of aryl methyl sites for hydroxylation is 4. The molecule has 628 valence electrons. The van der Waals surface area contributed by atoms with Crippen LogP contribution in [0.25, 0.3) is 22.6 Å². The molecule has 28 heteroatoms. The van der Waals surface area contributed by atoms with Crippen molar-refractivity contribution in [2.24, 2.45) is 0 Å². The van der Waals surface area contributed by atoms with Gasteiger partial charge in [-0.1, -0.05) is 30.3 Å². The van der Waals surface area contributed by atoms with Crippen LogP contribution < -0.4 is 50.7 Å². The van der Waals surface area contributed by atoms with Gasteiger partial charge in [-0.25, -0.2) is 19.9 Å². The molecule has 0 spiro atoms. The van der Waals surface area contributed by atoms with Crippen LogP contribution in [0.15, 0.2) is 281 Å². The smallest absolute Gasteiger partial charge is 0.258 e. The van der Waals surface area contributed by atoms with Gasteiger partial charge in [-0.3, -0.25) is 56.4 Å². The molecule has 0 amide bonds. The van der Waals surface area contributed by atoms with E-state index in [1.54, 1.807) is 122 Å². The van der Waals surface area contributed by atoms with Gasteiger partial charge in [-0.05, 0) is 195 Å². The molecule has 0 saturated heterocycles. The lowest BCUT2D eigenvalue weighted by atomic mass is 10.1. The van der Waals surface area contributed by atoms with Crippen LogP contribution in [-0.2, 0) is 78.5 Å². The predicted molar refractivity (Wildman–Crippen MR) is 460 cm³/mol. The minimum absolute atomic E-state index is 0.0528. The minimum Gasteiger partial charge on any atom is -0.504 e. The number of methoxy groups -OCH3 is 6. The summed E-state index contributed by atoms with van der Waals surface area (Å²) in [5.41, 5.74) is 13.0. The highest BCUT2D eigenvalue weighted by atomic mass is 16.5. The van der Waals surface area contributed by atoms with Crippen molar-refractivity contribution in [2.45, 2.75) is 106 Å². The number of phenols is 2. The molecule has 16 rings (SSSR count). The quantitative estimate of drug-likeness (QED) is 0.0423. The molecule has 0 aliphatic rings. The second-order valence-corrected chi connectivity index (χ2v) is 29.3. The van der Waals surface area contributed by atoms with E-state index in [0.29, 0.717) is 135 Å². The van der Waals surface area contributed by atoms with Gasteiger partial charge in [0.05, 0.1) is 117 Å². The first-order valence-electron chi connectivity index (χ1n) is 39.2. The Morgan fingerprint density at radius 1 is 0.320 bits per heavy atom. The maximum Gasteiger partial charge on any atom is 0.258 e. The van der Waals surface area contributed by atoms with E-state index in [1.807, 2.05) is 166 Å². The second-order valence-electron chi connectivity index (χ2n) is 29.3. The van der Waals surface area contributed by atoms with Crippen LogP contribution in [0.3, 0.4) is 0 Å². The SMILES string of the molecule is COc1ccc(CN(Cc2cc(=O)n3ccc(C)cc3n2)Cc2ccco2)c(OC)c1.COc1ccc(CN(Cc2cc(=O)n3ccc(C)cc3n2)Cc2ccco2)c(OC)c1O.COc1ccc(CN(Cc2cc(=O)n3ccc(C)cc3n2)Cc2ccco2)cc1O.COc1ccc(CN(Cc2cc(=O)n3ccccc3n2)Cc2ccco2)c(C)c1. The Bertz CT molecular complexity index is 6450. The van der Waals surface area contributed by atoms with Crippen LogP contribution in [0.1, 0.15) is 90.3 Å². The molecule has 2 N–H and O–H groups in total. The summed E-state index contributed by atoms with van der Waals surface area (Å²) in [7, 11) is 9.45. The summed E-state index contributed by atoms with van der Waals surface area (Å²) in [6.45, 7) is 14.3. The second kappa shape index (κ2) is 40.4. The summed E-state index contributed by atoms with van der Waals surface area (Å²) >= 11 is 0. The van der Waals surface area contributed by atoms with Gasteiger partial charge in [0.1, 0.15) is 62.9 Å². The molecule has 0 saturated carbocycles. The van der Waals surface area contributed by atoms with Crippen LogP contribution in [0.2, 0.25) is 0 Å². The molecule has 0 unspecified atom stereocenters.